The molecule has 2 rings (SSSR count). The van der Waals surface area contributed by atoms with Crippen LogP contribution >= 0.6 is 11.6 Å². The molecule has 2 amide bonds. The van der Waals surface area contributed by atoms with Crippen molar-refractivity contribution in [3.63, 3.8) is 0 Å². The molecule has 0 aliphatic carbocycles. The number of alkyl halides is 3. The van der Waals surface area contributed by atoms with Crippen LogP contribution in [0.3, 0.4) is 0 Å². The second-order valence-corrected chi connectivity index (χ2v) is 5.23. The molecular formula is C13H13ClF3N3O2. The lowest BCUT2D eigenvalue weighted by molar-refractivity contribution is -0.139. The molecule has 1 aliphatic rings. The van der Waals surface area contributed by atoms with Crippen molar-refractivity contribution in [3.8, 4) is 0 Å². The second-order valence-electron chi connectivity index (χ2n) is 4.79. The number of hydrogen-bond acceptors (Lipinski definition) is 3. The van der Waals surface area contributed by atoms with Crippen molar-refractivity contribution < 1.29 is 22.8 Å². The molecule has 1 aromatic rings. The summed E-state index contributed by atoms with van der Waals surface area (Å²) in [7, 11) is 0. The van der Waals surface area contributed by atoms with E-state index < -0.39 is 30.6 Å². The minimum atomic E-state index is -4.52. The van der Waals surface area contributed by atoms with Crippen LogP contribution in [0.1, 0.15) is 5.56 Å². The molecule has 0 saturated carbocycles. The molecule has 1 heterocycles. The number of nitrogens with zero attached hydrogens (tertiary/aromatic N) is 1. The maximum atomic E-state index is 12.2. The van der Waals surface area contributed by atoms with Crippen LogP contribution in [0.25, 0.3) is 0 Å². The van der Waals surface area contributed by atoms with E-state index in [1.54, 1.807) is 17.4 Å². The number of halogens is 4. The molecule has 0 spiro atoms. The average molecular weight is 336 g/mol. The van der Waals surface area contributed by atoms with E-state index in [1.807, 2.05) is 0 Å². The van der Waals surface area contributed by atoms with Crippen LogP contribution < -0.4 is 16.0 Å². The van der Waals surface area contributed by atoms with Crippen molar-refractivity contribution in [2.45, 2.75) is 18.6 Å². The quantitative estimate of drug-likeness (QED) is 0.872. The van der Waals surface area contributed by atoms with E-state index >= 15 is 0 Å². The fourth-order valence-electron chi connectivity index (χ4n) is 2.34. The zero-order chi connectivity index (χ0) is 16.5. The topological polar surface area (TPSA) is 75.4 Å². The standard InChI is InChI=1S/C13H13ClF3N3O2/c14-8-1-2-9-7(3-8)4-10(20(9)11(21)5-18)12(22)19-6-13(15,16)17/h1-3,10H,4-6,18H2,(H,19,22)/t10-/m1/s1. The summed E-state index contributed by atoms with van der Waals surface area (Å²) in [6, 6.07) is 3.59. The maximum Gasteiger partial charge on any atom is 0.405 e. The predicted molar refractivity (Wildman–Crippen MR) is 74.5 cm³/mol. The van der Waals surface area contributed by atoms with E-state index in [4.69, 9.17) is 17.3 Å². The number of nitrogens with one attached hydrogen (secondary N) is 1. The van der Waals surface area contributed by atoms with Gasteiger partial charge in [0, 0.05) is 17.1 Å². The third-order valence-electron chi connectivity index (χ3n) is 3.24. The lowest BCUT2D eigenvalue weighted by atomic mass is 10.1. The molecule has 120 valence electrons. The summed E-state index contributed by atoms with van der Waals surface area (Å²) in [4.78, 5) is 25.1. The van der Waals surface area contributed by atoms with Gasteiger partial charge in [-0.3, -0.25) is 14.5 Å². The minimum absolute atomic E-state index is 0.0886. The molecule has 0 saturated heterocycles. The number of carbonyl (C=O) groups is 2. The van der Waals surface area contributed by atoms with Gasteiger partial charge in [0.1, 0.15) is 12.6 Å². The van der Waals surface area contributed by atoms with Gasteiger partial charge in [0.05, 0.1) is 6.54 Å². The Bertz CT molecular complexity index is 607. The van der Waals surface area contributed by atoms with Gasteiger partial charge in [0.25, 0.3) is 0 Å². The van der Waals surface area contributed by atoms with Gasteiger partial charge in [-0.1, -0.05) is 11.6 Å². The van der Waals surface area contributed by atoms with Gasteiger partial charge in [0.15, 0.2) is 0 Å². The summed E-state index contributed by atoms with van der Waals surface area (Å²) in [6.45, 7) is -1.81. The van der Waals surface area contributed by atoms with Crippen LogP contribution in [0.4, 0.5) is 18.9 Å². The molecule has 5 nitrogen and oxygen atoms in total. The van der Waals surface area contributed by atoms with Gasteiger partial charge in [0.2, 0.25) is 11.8 Å². The van der Waals surface area contributed by atoms with Gasteiger partial charge >= 0.3 is 6.18 Å². The first-order valence-electron chi connectivity index (χ1n) is 6.38. The summed E-state index contributed by atoms with van der Waals surface area (Å²) < 4.78 is 36.6. The first-order chi connectivity index (χ1) is 10.2. The summed E-state index contributed by atoms with van der Waals surface area (Å²) in [5.74, 6) is -1.43. The Balaban J connectivity index is 2.24. The highest BCUT2D eigenvalue weighted by molar-refractivity contribution is 6.30. The van der Waals surface area contributed by atoms with E-state index in [1.165, 1.54) is 6.07 Å². The number of carbonyl (C=O) groups excluding carboxylic acids is 2. The lowest BCUT2D eigenvalue weighted by Gasteiger charge is -2.24. The normalized spacial score (nSPS) is 17.3. The van der Waals surface area contributed by atoms with Crippen molar-refractivity contribution >= 4 is 29.1 Å². The molecule has 0 radical (unpaired) electrons. The first kappa shape index (κ1) is 16.6. The third-order valence-corrected chi connectivity index (χ3v) is 3.47. The van der Waals surface area contributed by atoms with Crippen LogP contribution in [-0.2, 0) is 16.0 Å². The molecule has 0 fully saturated rings. The zero-order valence-electron chi connectivity index (χ0n) is 11.3. The number of fused-ring (bicyclic) bond motifs is 1. The average Bonchev–Trinajstić information content (AvgIpc) is 2.81. The second kappa shape index (κ2) is 6.13. The van der Waals surface area contributed by atoms with Crippen molar-refractivity contribution in [2.75, 3.05) is 18.0 Å². The third kappa shape index (κ3) is 3.50. The molecule has 1 aliphatic heterocycles. The van der Waals surface area contributed by atoms with Crippen LogP contribution in [0.5, 0.6) is 0 Å². The number of benzene rings is 1. The van der Waals surface area contributed by atoms with Crippen LogP contribution in [0, 0.1) is 0 Å². The van der Waals surface area contributed by atoms with Gasteiger partial charge in [-0.25, -0.2) is 0 Å². The van der Waals surface area contributed by atoms with E-state index in [-0.39, 0.29) is 13.0 Å². The molecule has 0 bridgehead atoms. The van der Waals surface area contributed by atoms with Crippen molar-refractivity contribution in [1.82, 2.24) is 5.32 Å². The van der Waals surface area contributed by atoms with E-state index in [0.717, 1.165) is 4.90 Å². The number of anilines is 1. The van der Waals surface area contributed by atoms with E-state index in [0.29, 0.717) is 16.3 Å². The Kier molecular flexibility index (Phi) is 4.62. The monoisotopic (exact) mass is 335 g/mol. The summed E-state index contributed by atoms with van der Waals surface area (Å²) in [5, 5.41) is 2.20. The largest absolute Gasteiger partial charge is 0.405 e. The minimum Gasteiger partial charge on any atom is -0.345 e. The first-order valence-corrected chi connectivity index (χ1v) is 6.75. The summed E-state index contributed by atoms with van der Waals surface area (Å²) >= 11 is 5.86. The zero-order valence-corrected chi connectivity index (χ0v) is 12.0. The van der Waals surface area contributed by atoms with Gasteiger partial charge in [-0.15, -0.1) is 0 Å². The molecule has 0 unspecified atom stereocenters. The smallest absolute Gasteiger partial charge is 0.345 e. The number of rotatable bonds is 3. The van der Waals surface area contributed by atoms with E-state index in [2.05, 4.69) is 0 Å². The fraction of sp³-hybridized carbons (Fsp3) is 0.385. The molecule has 1 atom stereocenters. The molecule has 0 aromatic heterocycles. The fourth-order valence-corrected chi connectivity index (χ4v) is 2.54. The number of amides is 2. The van der Waals surface area contributed by atoms with E-state index in [9.17, 15) is 22.8 Å². The maximum absolute atomic E-state index is 12.2. The molecule has 1 aromatic carbocycles. The Morgan fingerprint density at radius 1 is 1.41 bits per heavy atom. The number of nitrogens with two attached hydrogens (primary N) is 1. The lowest BCUT2D eigenvalue weighted by Crippen LogP contribution is -2.51. The Morgan fingerprint density at radius 2 is 2.09 bits per heavy atom. The Hall–Kier alpha value is -1.80. The molecule has 9 heteroatoms. The van der Waals surface area contributed by atoms with Crippen LogP contribution in [0.2, 0.25) is 5.02 Å². The van der Waals surface area contributed by atoms with Gasteiger partial charge < -0.3 is 11.1 Å². The van der Waals surface area contributed by atoms with Crippen LogP contribution in [0.15, 0.2) is 18.2 Å². The molecule has 3 N–H and O–H groups in total. The highest BCUT2D eigenvalue weighted by Crippen LogP contribution is 2.34. The highest BCUT2D eigenvalue weighted by Gasteiger charge is 2.39. The van der Waals surface area contributed by atoms with Gasteiger partial charge in [-0.05, 0) is 23.8 Å². The molecule has 22 heavy (non-hydrogen) atoms. The van der Waals surface area contributed by atoms with Gasteiger partial charge in [-0.2, -0.15) is 13.2 Å². The molecular weight excluding hydrogens is 323 g/mol. The van der Waals surface area contributed by atoms with Crippen molar-refractivity contribution in [2.24, 2.45) is 5.73 Å². The van der Waals surface area contributed by atoms with Crippen molar-refractivity contribution in [1.29, 1.82) is 0 Å². The SMILES string of the molecule is NCC(=O)N1c2ccc(Cl)cc2C[C@@H]1C(=O)NCC(F)(F)F. The highest BCUT2D eigenvalue weighted by atomic mass is 35.5. The summed E-state index contributed by atoms with van der Waals surface area (Å²) in [5.41, 5.74) is 6.37. The number of hydrogen-bond donors (Lipinski definition) is 2. The Morgan fingerprint density at radius 3 is 2.68 bits per heavy atom. The van der Waals surface area contributed by atoms with Crippen molar-refractivity contribution in [3.05, 3.63) is 28.8 Å². The predicted octanol–water partition coefficient (Wildman–Crippen LogP) is 1.23. The Labute approximate surface area is 129 Å². The van der Waals surface area contributed by atoms with Crippen LogP contribution in [-0.4, -0.2) is 37.1 Å². The summed E-state index contributed by atoms with van der Waals surface area (Å²) in [6.07, 6.45) is -4.43.